The highest BCUT2D eigenvalue weighted by molar-refractivity contribution is 7.99. The zero-order chi connectivity index (χ0) is 16.4. The van der Waals surface area contributed by atoms with Gasteiger partial charge in [-0.15, -0.1) is 0 Å². The molecular weight excluding hydrogens is 298 g/mol. The molecule has 4 nitrogen and oxygen atoms in total. The minimum atomic E-state index is 0.0349. The van der Waals surface area contributed by atoms with Crippen LogP contribution in [0.25, 0.3) is 0 Å². The van der Waals surface area contributed by atoms with Crippen LogP contribution in [0.5, 0.6) is 0 Å². The zero-order valence-electron chi connectivity index (χ0n) is 14.0. The van der Waals surface area contributed by atoms with E-state index in [1.807, 2.05) is 24.8 Å². The number of ketones is 2. The van der Waals surface area contributed by atoms with Crippen LogP contribution in [0.1, 0.15) is 52.9 Å². The van der Waals surface area contributed by atoms with Gasteiger partial charge in [-0.1, -0.05) is 19.9 Å². The molecule has 1 atom stereocenters. The fourth-order valence-corrected chi connectivity index (χ4v) is 3.76. The van der Waals surface area contributed by atoms with Gasteiger partial charge in [0.15, 0.2) is 11.6 Å². The normalized spacial score (nSPS) is 20.3. The number of nitrogens with one attached hydrogen (secondary N) is 1. The number of unbranched alkanes of at least 4 members (excludes halogenated alkanes) is 1. The number of Topliss-reactive ketones (excluding diaryl/α,β-unsaturated/α-hetero) is 2. The minimum Gasteiger partial charge on any atom is -0.302 e. The van der Waals surface area contributed by atoms with Crippen LogP contribution in [-0.2, 0) is 14.4 Å². The summed E-state index contributed by atoms with van der Waals surface area (Å²) in [4.78, 5) is 29.4. The SMILES string of the molecule is CCONCCCC=C1C(=O)CC(CC(C)SCC)CC1=O. The van der Waals surface area contributed by atoms with Crippen LogP contribution < -0.4 is 5.48 Å². The van der Waals surface area contributed by atoms with Crippen molar-refractivity contribution in [2.24, 2.45) is 5.92 Å². The first-order valence-corrected chi connectivity index (χ1v) is 9.36. The number of carbonyl (C=O) groups excluding carboxylic acids is 2. The van der Waals surface area contributed by atoms with Gasteiger partial charge in [0.2, 0.25) is 0 Å². The van der Waals surface area contributed by atoms with Crippen molar-refractivity contribution in [3.8, 4) is 0 Å². The standard InChI is InChI=1S/C17H29NO3S/c1-4-21-18-9-7-6-8-15-16(19)11-14(12-17(15)20)10-13(3)22-5-2/h8,13-14,18H,4-7,9-12H2,1-3H3. The lowest BCUT2D eigenvalue weighted by Crippen LogP contribution is -2.27. The predicted octanol–water partition coefficient (Wildman–Crippen LogP) is 3.31. The highest BCUT2D eigenvalue weighted by Crippen LogP contribution is 2.30. The molecule has 0 bridgehead atoms. The summed E-state index contributed by atoms with van der Waals surface area (Å²) >= 11 is 1.90. The molecule has 0 heterocycles. The average molecular weight is 327 g/mol. The van der Waals surface area contributed by atoms with E-state index in [9.17, 15) is 9.59 Å². The molecule has 1 aliphatic carbocycles. The Morgan fingerprint density at radius 3 is 2.59 bits per heavy atom. The number of allylic oxidation sites excluding steroid dienone is 2. The average Bonchev–Trinajstić information content (AvgIpc) is 2.45. The lowest BCUT2D eigenvalue weighted by atomic mass is 9.81. The summed E-state index contributed by atoms with van der Waals surface area (Å²) in [6, 6.07) is 0. The van der Waals surface area contributed by atoms with E-state index in [0.29, 0.717) is 30.3 Å². The first-order chi connectivity index (χ1) is 10.6. The van der Waals surface area contributed by atoms with Gasteiger partial charge in [-0.3, -0.25) is 9.59 Å². The van der Waals surface area contributed by atoms with Gasteiger partial charge in [0.25, 0.3) is 0 Å². The van der Waals surface area contributed by atoms with E-state index >= 15 is 0 Å². The summed E-state index contributed by atoms with van der Waals surface area (Å²) in [5.41, 5.74) is 3.27. The van der Waals surface area contributed by atoms with E-state index in [4.69, 9.17) is 4.84 Å². The largest absolute Gasteiger partial charge is 0.302 e. The van der Waals surface area contributed by atoms with Crippen LogP contribution >= 0.6 is 11.8 Å². The molecule has 1 fully saturated rings. The lowest BCUT2D eigenvalue weighted by Gasteiger charge is -2.24. The molecule has 0 saturated heterocycles. The Morgan fingerprint density at radius 2 is 2.00 bits per heavy atom. The molecule has 1 rings (SSSR count). The monoisotopic (exact) mass is 327 g/mol. The van der Waals surface area contributed by atoms with Gasteiger partial charge in [-0.2, -0.15) is 11.8 Å². The number of rotatable bonds is 10. The molecule has 0 spiro atoms. The van der Waals surface area contributed by atoms with E-state index in [1.54, 1.807) is 0 Å². The van der Waals surface area contributed by atoms with Crippen molar-refractivity contribution >= 4 is 23.3 Å². The first kappa shape index (κ1) is 19.4. The summed E-state index contributed by atoms with van der Waals surface area (Å²) in [6.45, 7) is 7.60. The first-order valence-electron chi connectivity index (χ1n) is 8.31. The van der Waals surface area contributed by atoms with Crippen LogP contribution in [0.15, 0.2) is 11.6 Å². The van der Waals surface area contributed by atoms with Gasteiger partial charge < -0.3 is 4.84 Å². The fraction of sp³-hybridized carbons (Fsp3) is 0.765. The third-order valence-corrected chi connectivity index (χ3v) is 4.84. The van der Waals surface area contributed by atoms with Gasteiger partial charge in [-0.05, 0) is 37.9 Å². The molecule has 1 aliphatic rings. The Kier molecular flexibility index (Phi) is 9.68. The summed E-state index contributed by atoms with van der Waals surface area (Å²) in [5, 5.41) is 0.519. The van der Waals surface area contributed by atoms with Crippen molar-refractivity contribution in [3.05, 3.63) is 11.6 Å². The number of hydroxylamine groups is 1. The van der Waals surface area contributed by atoms with Gasteiger partial charge in [-0.25, -0.2) is 5.48 Å². The van der Waals surface area contributed by atoms with Crippen molar-refractivity contribution in [3.63, 3.8) is 0 Å². The van der Waals surface area contributed by atoms with E-state index in [0.717, 1.165) is 31.6 Å². The van der Waals surface area contributed by atoms with Crippen LogP contribution in [0, 0.1) is 5.92 Å². The zero-order valence-corrected chi connectivity index (χ0v) is 14.8. The van der Waals surface area contributed by atoms with Crippen LogP contribution in [0.2, 0.25) is 0 Å². The second kappa shape index (κ2) is 11.0. The van der Waals surface area contributed by atoms with E-state index < -0.39 is 0 Å². The van der Waals surface area contributed by atoms with Gasteiger partial charge in [0.1, 0.15) is 0 Å². The van der Waals surface area contributed by atoms with E-state index in [1.165, 1.54) is 0 Å². The van der Waals surface area contributed by atoms with Crippen LogP contribution in [0.4, 0.5) is 0 Å². The molecule has 1 saturated carbocycles. The molecule has 0 aromatic carbocycles. The maximum Gasteiger partial charge on any atom is 0.166 e. The topological polar surface area (TPSA) is 55.4 Å². The Bertz CT molecular complexity index is 375. The Hall–Kier alpha value is -0.650. The molecule has 1 N–H and O–H groups in total. The quantitative estimate of drug-likeness (QED) is 0.289. The fourth-order valence-electron chi connectivity index (χ4n) is 2.78. The summed E-state index contributed by atoms with van der Waals surface area (Å²) in [7, 11) is 0. The number of thioether (sulfide) groups is 1. The maximum absolute atomic E-state index is 12.2. The molecule has 126 valence electrons. The van der Waals surface area contributed by atoms with Crippen molar-refractivity contribution in [1.29, 1.82) is 0 Å². The van der Waals surface area contributed by atoms with Crippen molar-refractivity contribution in [2.75, 3.05) is 18.9 Å². The highest BCUT2D eigenvalue weighted by Gasteiger charge is 2.30. The van der Waals surface area contributed by atoms with Crippen molar-refractivity contribution < 1.29 is 14.4 Å². The second-order valence-corrected chi connectivity index (χ2v) is 7.43. The molecule has 5 heteroatoms. The molecule has 22 heavy (non-hydrogen) atoms. The molecule has 1 unspecified atom stereocenters. The molecule has 0 radical (unpaired) electrons. The molecule has 0 aromatic heterocycles. The van der Waals surface area contributed by atoms with E-state index in [-0.39, 0.29) is 17.5 Å². The smallest absolute Gasteiger partial charge is 0.166 e. The predicted molar refractivity (Wildman–Crippen MR) is 91.9 cm³/mol. The minimum absolute atomic E-state index is 0.0349. The Morgan fingerprint density at radius 1 is 1.32 bits per heavy atom. The molecule has 0 amide bonds. The Balaban J connectivity index is 2.39. The Labute approximate surface area is 138 Å². The molecule has 0 aliphatic heterocycles. The number of hydrogen-bond acceptors (Lipinski definition) is 5. The third kappa shape index (κ3) is 7.07. The molecular formula is C17H29NO3S. The number of hydrogen-bond donors (Lipinski definition) is 1. The summed E-state index contributed by atoms with van der Waals surface area (Å²) in [6.07, 6.45) is 5.43. The highest BCUT2D eigenvalue weighted by atomic mass is 32.2. The van der Waals surface area contributed by atoms with Crippen LogP contribution in [0.3, 0.4) is 0 Å². The van der Waals surface area contributed by atoms with Crippen LogP contribution in [-0.4, -0.2) is 35.7 Å². The second-order valence-electron chi connectivity index (χ2n) is 5.71. The van der Waals surface area contributed by atoms with Gasteiger partial charge in [0.05, 0.1) is 12.2 Å². The number of carbonyl (C=O) groups is 2. The molecule has 0 aromatic rings. The van der Waals surface area contributed by atoms with Gasteiger partial charge in [0, 0.05) is 24.6 Å². The van der Waals surface area contributed by atoms with Crippen molar-refractivity contribution in [1.82, 2.24) is 5.48 Å². The third-order valence-electron chi connectivity index (χ3n) is 3.74. The summed E-state index contributed by atoms with van der Waals surface area (Å²) < 4.78 is 0. The lowest BCUT2D eigenvalue weighted by molar-refractivity contribution is -0.125. The van der Waals surface area contributed by atoms with Crippen molar-refractivity contribution in [2.45, 2.75) is 58.1 Å². The summed E-state index contributed by atoms with van der Waals surface area (Å²) in [5.74, 6) is 1.38. The van der Waals surface area contributed by atoms with Gasteiger partial charge >= 0.3 is 0 Å². The van der Waals surface area contributed by atoms with E-state index in [2.05, 4.69) is 19.3 Å². The maximum atomic E-state index is 12.2.